The van der Waals surface area contributed by atoms with Crippen molar-refractivity contribution in [2.75, 3.05) is 7.05 Å². The molecule has 0 aromatic heterocycles. The molecule has 0 aliphatic carbocycles. The summed E-state index contributed by atoms with van der Waals surface area (Å²) in [6.07, 6.45) is 0. The van der Waals surface area contributed by atoms with Crippen LogP contribution in [0.25, 0.3) is 11.1 Å². The van der Waals surface area contributed by atoms with Crippen molar-refractivity contribution in [1.29, 1.82) is 0 Å². The number of benzene rings is 3. The molecule has 0 saturated heterocycles. The topological polar surface area (TPSA) is 21.3 Å². The lowest BCUT2D eigenvalue weighted by Crippen LogP contribution is -2.08. The maximum atomic E-state index is 6.12. The summed E-state index contributed by atoms with van der Waals surface area (Å²) in [7, 11) is 1.99. The second kappa shape index (κ2) is 9.42. The Morgan fingerprint density at radius 3 is 2.12 bits per heavy atom. The second-order valence-electron chi connectivity index (χ2n) is 6.39. The second-order valence-corrected chi connectivity index (χ2v) is 6.39. The van der Waals surface area contributed by atoms with E-state index in [9.17, 15) is 0 Å². The lowest BCUT2D eigenvalue weighted by Gasteiger charge is -2.15. The molecule has 0 fully saturated rings. The highest BCUT2D eigenvalue weighted by Crippen LogP contribution is 2.33. The molecule has 3 aromatic rings. The van der Waals surface area contributed by atoms with Crippen LogP contribution in [0.4, 0.5) is 0 Å². The Morgan fingerprint density at radius 1 is 0.846 bits per heavy atom. The largest absolute Gasteiger partial charge is 0.488 e. The average molecular weight is 368 g/mol. The van der Waals surface area contributed by atoms with Crippen LogP contribution in [0.1, 0.15) is 22.3 Å². The fraction of sp³-hybridized carbons (Fsp3) is 0.217. The zero-order valence-electron chi connectivity index (χ0n) is 15.6. The number of nitrogens with one attached hydrogen (secondary N) is 1. The van der Waals surface area contributed by atoms with Crippen molar-refractivity contribution in [2.24, 2.45) is 0 Å². The molecule has 0 aliphatic rings. The molecule has 1 N–H and O–H groups in total. The summed E-state index contributed by atoms with van der Waals surface area (Å²) in [5.41, 5.74) is 7.51. The van der Waals surface area contributed by atoms with E-state index in [1.54, 1.807) is 0 Å². The van der Waals surface area contributed by atoms with Crippen LogP contribution in [-0.2, 0) is 13.2 Å². The molecule has 26 heavy (non-hydrogen) atoms. The highest BCUT2D eigenvalue weighted by Gasteiger charge is 2.10. The minimum Gasteiger partial charge on any atom is -0.488 e. The van der Waals surface area contributed by atoms with Crippen molar-refractivity contribution < 1.29 is 4.74 Å². The Bertz CT molecular complexity index is 823. The molecule has 0 spiro atoms. The molecule has 0 aliphatic heterocycles. The maximum Gasteiger partial charge on any atom is 0.127 e. The SMILES string of the molecule is CNCc1c(C)cc(-c2ccccc2OCc2ccccc2)cc1C.Cl. The number of ether oxygens (including phenoxy) is 1. The molecule has 0 radical (unpaired) electrons. The molecule has 0 atom stereocenters. The van der Waals surface area contributed by atoms with Crippen LogP contribution < -0.4 is 10.1 Å². The normalized spacial score (nSPS) is 10.3. The van der Waals surface area contributed by atoms with Crippen LogP contribution in [-0.4, -0.2) is 7.05 Å². The standard InChI is InChI=1S/C23H25NO.ClH/c1-17-13-20(14-18(2)22(17)15-24-3)21-11-7-8-12-23(21)25-16-19-9-5-4-6-10-19;/h4-14,24H,15-16H2,1-3H3;1H. The van der Waals surface area contributed by atoms with Gasteiger partial charge < -0.3 is 10.1 Å². The molecule has 2 nitrogen and oxygen atoms in total. The van der Waals surface area contributed by atoms with Crippen LogP contribution in [0.5, 0.6) is 5.75 Å². The highest BCUT2D eigenvalue weighted by atomic mass is 35.5. The van der Waals surface area contributed by atoms with E-state index < -0.39 is 0 Å². The quantitative estimate of drug-likeness (QED) is 0.604. The van der Waals surface area contributed by atoms with Gasteiger partial charge in [0.1, 0.15) is 12.4 Å². The number of hydrogen-bond donors (Lipinski definition) is 1. The Morgan fingerprint density at radius 2 is 1.46 bits per heavy atom. The zero-order chi connectivity index (χ0) is 17.6. The van der Waals surface area contributed by atoms with E-state index >= 15 is 0 Å². The van der Waals surface area contributed by atoms with Crippen molar-refractivity contribution in [3.8, 4) is 16.9 Å². The Balaban J connectivity index is 0.00000243. The number of aryl methyl sites for hydroxylation is 2. The van der Waals surface area contributed by atoms with Gasteiger partial charge in [0.25, 0.3) is 0 Å². The summed E-state index contributed by atoms with van der Waals surface area (Å²) in [4.78, 5) is 0. The van der Waals surface area contributed by atoms with Gasteiger partial charge in [0.15, 0.2) is 0 Å². The first-order chi connectivity index (χ1) is 12.2. The van der Waals surface area contributed by atoms with Crippen LogP contribution in [0, 0.1) is 13.8 Å². The van der Waals surface area contributed by atoms with E-state index in [0.29, 0.717) is 6.61 Å². The molecule has 0 heterocycles. The van der Waals surface area contributed by atoms with Gasteiger partial charge in [-0.15, -0.1) is 12.4 Å². The molecule has 3 aromatic carbocycles. The maximum absolute atomic E-state index is 6.12. The fourth-order valence-corrected chi connectivity index (χ4v) is 3.17. The molecule has 0 bridgehead atoms. The first-order valence-electron chi connectivity index (χ1n) is 8.70. The van der Waals surface area contributed by atoms with Crippen LogP contribution >= 0.6 is 12.4 Å². The molecule has 0 amide bonds. The van der Waals surface area contributed by atoms with E-state index in [1.165, 1.54) is 27.8 Å². The van der Waals surface area contributed by atoms with Crippen molar-refractivity contribution in [3.63, 3.8) is 0 Å². The number of rotatable bonds is 6. The summed E-state index contributed by atoms with van der Waals surface area (Å²) in [6, 6.07) is 23.1. The summed E-state index contributed by atoms with van der Waals surface area (Å²) in [6.45, 7) is 5.82. The van der Waals surface area contributed by atoms with Gasteiger partial charge in [-0.2, -0.15) is 0 Å². The van der Waals surface area contributed by atoms with E-state index in [0.717, 1.165) is 17.9 Å². The lowest BCUT2D eigenvalue weighted by atomic mass is 9.95. The minimum atomic E-state index is 0. The first-order valence-corrected chi connectivity index (χ1v) is 8.70. The fourth-order valence-electron chi connectivity index (χ4n) is 3.17. The van der Waals surface area contributed by atoms with Gasteiger partial charge in [0.2, 0.25) is 0 Å². The lowest BCUT2D eigenvalue weighted by molar-refractivity contribution is 0.307. The number of hydrogen-bond acceptors (Lipinski definition) is 2. The molecular weight excluding hydrogens is 342 g/mol. The molecule has 3 heteroatoms. The minimum absolute atomic E-state index is 0. The molecule has 3 rings (SSSR count). The smallest absolute Gasteiger partial charge is 0.127 e. The van der Waals surface area contributed by atoms with Gasteiger partial charge in [-0.25, -0.2) is 0 Å². The summed E-state index contributed by atoms with van der Waals surface area (Å²) in [5.74, 6) is 0.923. The van der Waals surface area contributed by atoms with Crippen LogP contribution in [0.2, 0.25) is 0 Å². The van der Waals surface area contributed by atoms with Crippen LogP contribution in [0.3, 0.4) is 0 Å². The van der Waals surface area contributed by atoms with E-state index in [2.05, 4.69) is 55.6 Å². The molecular formula is C23H26ClNO. The van der Waals surface area contributed by atoms with Crippen molar-refractivity contribution in [3.05, 3.63) is 89.0 Å². The van der Waals surface area contributed by atoms with E-state index in [1.807, 2.05) is 37.4 Å². The number of halogens is 1. The van der Waals surface area contributed by atoms with Crippen molar-refractivity contribution >= 4 is 12.4 Å². The van der Waals surface area contributed by atoms with Crippen molar-refractivity contribution in [2.45, 2.75) is 27.0 Å². The van der Waals surface area contributed by atoms with Gasteiger partial charge >= 0.3 is 0 Å². The molecule has 0 unspecified atom stereocenters. The predicted molar refractivity (Wildman–Crippen MR) is 112 cm³/mol. The molecule has 136 valence electrons. The Kier molecular flexibility index (Phi) is 7.26. The first kappa shape index (κ1) is 20.0. The monoisotopic (exact) mass is 367 g/mol. The van der Waals surface area contributed by atoms with Crippen LogP contribution in [0.15, 0.2) is 66.7 Å². The summed E-state index contributed by atoms with van der Waals surface area (Å²) >= 11 is 0. The number of para-hydroxylation sites is 1. The van der Waals surface area contributed by atoms with Gasteiger partial charge in [-0.1, -0.05) is 60.7 Å². The van der Waals surface area contributed by atoms with E-state index in [-0.39, 0.29) is 12.4 Å². The zero-order valence-corrected chi connectivity index (χ0v) is 16.4. The van der Waals surface area contributed by atoms with E-state index in [4.69, 9.17) is 4.74 Å². The third-order valence-corrected chi connectivity index (χ3v) is 4.48. The third-order valence-electron chi connectivity index (χ3n) is 4.48. The highest BCUT2D eigenvalue weighted by molar-refractivity contribution is 5.85. The summed E-state index contributed by atoms with van der Waals surface area (Å²) in [5, 5.41) is 3.25. The molecule has 0 saturated carbocycles. The van der Waals surface area contributed by atoms with Gasteiger partial charge in [0.05, 0.1) is 0 Å². The van der Waals surface area contributed by atoms with Gasteiger partial charge in [0, 0.05) is 12.1 Å². The average Bonchev–Trinajstić information content (AvgIpc) is 2.64. The Labute approximate surface area is 162 Å². The Hall–Kier alpha value is -2.29. The predicted octanol–water partition coefficient (Wildman–Crippen LogP) is 5.69. The van der Waals surface area contributed by atoms with Gasteiger partial charge in [-0.3, -0.25) is 0 Å². The van der Waals surface area contributed by atoms with Crippen molar-refractivity contribution in [1.82, 2.24) is 5.32 Å². The third kappa shape index (κ3) is 4.66. The van der Waals surface area contributed by atoms with Gasteiger partial charge in [-0.05, 0) is 54.8 Å². The summed E-state index contributed by atoms with van der Waals surface area (Å²) < 4.78 is 6.12.